The quantitative estimate of drug-likeness (QED) is 0.142. The van der Waals surface area contributed by atoms with Crippen LogP contribution in [-0.2, 0) is 0 Å². The fourth-order valence-corrected chi connectivity index (χ4v) is 8.70. The summed E-state index contributed by atoms with van der Waals surface area (Å²) in [5, 5.41) is 8.56. The second kappa shape index (κ2) is 16.1. The van der Waals surface area contributed by atoms with E-state index in [1.165, 1.54) is 0 Å². The van der Waals surface area contributed by atoms with Crippen molar-refractivity contribution in [3.63, 3.8) is 0 Å². The zero-order valence-corrected chi connectivity index (χ0v) is 35.0. The zero-order chi connectivity index (χ0) is 43.1. The molecule has 7 nitrogen and oxygen atoms in total. The Balaban J connectivity index is 1.01. The van der Waals surface area contributed by atoms with Gasteiger partial charge in [-0.25, -0.2) is 29.4 Å². The van der Waals surface area contributed by atoms with Gasteiger partial charge in [-0.05, 0) is 35.2 Å². The first kappa shape index (κ1) is 37.8. The smallest absolute Gasteiger partial charge is 0.182 e. The highest BCUT2D eigenvalue weighted by molar-refractivity contribution is 6.15. The van der Waals surface area contributed by atoms with Gasteiger partial charge in [-0.1, -0.05) is 200 Å². The van der Waals surface area contributed by atoms with Gasteiger partial charge in [-0.3, -0.25) is 0 Å². The molecule has 0 radical (unpaired) electrons. The van der Waals surface area contributed by atoms with Crippen LogP contribution in [0.15, 0.2) is 224 Å². The summed E-state index contributed by atoms with van der Waals surface area (Å²) >= 11 is 0. The van der Waals surface area contributed by atoms with Gasteiger partial charge in [0.15, 0.2) is 23.1 Å². The molecule has 7 heteroatoms. The third-order valence-corrected chi connectivity index (χ3v) is 11.9. The van der Waals surface area contributed by atoms with Crippen molar-refractivity contribution in [1.29, 1.82) is 0 Å². The summed E-state index contributed by atoms with van der Waals surface area (Å²) in [6.45, 7) is 0. The van der Waals surface area contributed by atoms with E-state index in [9.17, 15) is 0 Å². The van der Waals surface area contributed by atoms with Crippen LogP contribution in [0.5, 0.6) is 0 Å². The monoisotopic (exact) mass is 831 g/mol. The predicted molar refractivity (Wildman–Crippen MR) is 263 cm³/mol. The number of aromatic nitrogens is 7. The number of para-hydroxylation sites is 1. The SMILES string of the molecule is c1ccc(-c2cc(-c3cccc(-c4nc5c6ccccc6c6cccc(-c7cccc(-c8cc(-c9ccccc9)nc(-c9ccccc9)n8)c7)c6n5n4)c3)nc(-c3ccccc3)n2)cc1. The minimum atomic E-state index is 0.622. The van der Waals surface area contributed by atoms with Gasteiger partial charge in [0, 0.05) is 55.3 Å². The highest BCUT2D eigenvalue weighted by Crippen LogP contribution is 2.38. The summed E-state index contributed by atoms with van der Waals surface area (Å²) in [4.78, 5) is 25.6. The molecule has 8 aromatic carbocycles. The van der Waals surface area contributed by atoms with Crippen LogP contribution in [0.25, 0.3) is 118 Å². The Morgan fingerprint density at radius 1 is 0.262 bits per heavy atom. The van der Waals surface area contributed by atoms with Crippen LogP contribution >= 0.6 is 0 Å². The average molecular weight is 832 g/mol. The molecule has 0 N–H and O–H groups in total. The van der Waals surface area contributed by atoms with Crippen LogP contribution in [0.1, 0.15) is 0 Å². The fourth-order valence-electron chi connectivity index (χ4n) is 8.70. The Bertz CT molecular complexity index is 3590. The van der Waals surface area contributed by atoms with E-state index >= 15 is 0 Å². The Morgan fingerprint density at radius 2 is 0.662 bits per heavy atom. The van der Waals surface area contributed by atoms with E-state index in [0.717, 1.165) is 100 Å². The van der Waals surface area contributed by atoms with E-state index in [2.05, 4.69) is 140 Å². The van der Waals surface area contributed by atoms with E-state index in [0.29, 0.717) is 17.5 Å². The van der Waals surface area contributed by atoms with E-state index in [1.807, 2.05) is 89.4 Å². The first-order valence-corrected chi connectivity index (χ1v) is 21.6. The molecular weight excluding hydrogens is 795 g/mol. The Morgan fingerprint density at radius 3 is 1.22 bits per heavy atom. The van der Waals surface area contributed by atoms with Gasteiger partial charge in [0.1, 0.15) is 0 Å². The van der Waals surface area contributed by atoms with Crippen LogP contribution in [-0.4, -0.2) is 34.5 Å². The maximum Gasteiger partial charge on any atom is 0.182 e. The van der Waals surface area contributed by atoms with Crippen molar-refractivity contribution in [2.75, 3.05) is 0 Å². The molecular formula is C58H37N7. The summed E-state index contributed by atoms with van der Waals surface area (Å²) in [6.07, 6.45) is 0. The molecule has 4 aromatic heterocycles. The van der Waals surface area contributed by atoms with Gasteiger partial charge in [0.05, 0.1) is 28.3 Å². The lowest BCUT2D eigenvalue weighted by molar-refractivity contribution is 1.01. The number of hydrogen-bond donors (Lipinski definition) is 0. The molecule has 65 heavy (non-hydrogen) atoms. The van der Waals surface area contributed by atoms with Gasteiger partial charge in [-0.2, -0.15) is 0 Å². The minimum Gasteiger partial charge on any atom is -0.228 e. The normalized spacial score (nSPS) is 11.4. The second-order valence-corrected chi connectivity index (χ2v) is 16.0. The molecule has 0 aliphatic heterocycles. The lowest BCUT2D eigenvalue weighted by atomic mass is 9.96. The van der Waals surface area contributed by atoms with Gasteiger partial charge < -0.3 is 0 Å². The second-order valence-electron chi connectivity index (χ2n) is 16.0. The number of fused-ring (bicyclic) bond motifs is 6. The summed E-state index contributed by atoms with van der Waals surface area (Å²) in [7, 11) is 0. The van der Waals surface area contributed by atoms with Gasteiger partial charge in [-0.15, -0.1) is 5.10 Å². The molecule has 0 saturated heterocycles. The van der Waals surface area contributed by atoms with E-state index in [1.54, 1.807) is 0 Å². The first-order valence-electron chi connectivity index (χ1n) is 21.6. The third kappa shape index (κ3) is 7.07. The molecule has 12 aromatic rings. The van der Waals surface area contributed by atoms with Crippen molar-refractivity contribution < 1.29 is 0 Å². The molecule has 0 aliphatic carbocycles. The highest BCUT2D eigenvalue weighted by Gasteiger charge is 2.19. The van der Waals surface area contributed by atoms with Gasteiger partial charge in [0.25, 0.3) is 0 Å². The number of pyridine rings is 1. The van der Waals surface area contributed by atoms with Gasteiger partial charge in [0.2, 0.25) is 0 Å². The first-order chi connectivity index (χ1) is 32.2. The van der Waals surface area contributed by atoms with Crippen LogP contribution in [0.3, 0.4) is 0 Å². The zero-order valence-electron chi connectivity index (χ0n) is 35.0. The molecule has 0 atom stereocenters. The van der Waals surface area contributed by atoms with Crippen molar-refractivity contribution in [3.8, 4) is 90.3 Å². The molecule has 304 valence electrons. The van der Waals surface area contributed by atoms with Crippen molar-refractivity contribution >= 4 is 27.3 Å². The molecule has 12 rings (SSSR count). The molecule has 0 unspecified atom stereocenters. The Labute approximate surface area is 375 Å². The Kier molecular flexibility index (Phi) is 9.34. The molecule has 0 fully saturated rings. The topological polar surface area (TPSA) is 81.8 Å². The predicted octanol–water partition coefficient (Wildman–Crippen LogP) is 14.0. The number of nitrogens with zero attached hydrogens (tertiary/aromatic N) is 7. The van der Waals surface area contributed by atoms with Gasteiger partial charge >= 0.3 is 0 Å². The van der Waals surface area contributed by atoms with Crippen molar-refractivity contribution in [1.82, 2.24) is 34.5 Å². The summed E-state index contributed by atoms with van der Waals surface area (Å²) in [5.74, 6) is 1.97. The average Bonchev–Trinajstić information content (AvgIpc) is 3.86. The Hall–Kier alpha value is -8.94. The summed E-state index contributed by atoms with van der Waals surface area (Å²) in [5.41, 5.74) is 14.0. The van der Waals surface area contributed by atoms with Crippen LogP contribution in [0.4, 0.5) is 0 Å². The lowest BCUT2D eigenvalue weighted by Gasteiger charge is -2.13. The summed E-state index contributed by atoms with van der Waals surface area (Å²) < 4.78 is 2.03. The molecule has 0 bridgehead atoms. The van der Waals surface area contributed by atoms with Crippen molar-refractivity contribution in [2.45, 2.75) is 0 Å². The van der Waals surface area contributed by atoms with Crippen molar-refractivity contribution in [2.24, 2.45) is 0 Å². The summed E-state index contributed by atoms with van der Waals surface area (Å²) in [6, 6.07) is 76.8. The number of rotatable bonds is 8. The maximum absolute atomic E-state index is 5.34. The lowest BCUT2D eigenvalue weighted by Crippen LogP contribution is -1.97. The van der Waals surface area contributed by atoms with Crippen LogP contribution in [0, 0.1) is 0 Å². The van der Waals surface area contributed by atoms with E-state index < -0.39 is 0 Å². The molecule has 0 saturated carbocycles. The highest BCUT2D eigenvalue weighted by atomic mass is 15.3. The largest absolute Gasteiger partial charge is 0.228 e. The van der Waals surface area contributed by atoms with E-state index in [4.69, 9.17) is 30.0 Å². The minimum absolute atomic E-state index is 0.622. The van der Waals surface area contributed by atoms with E-state index in [-0.39, 0.29) is 0 Å². The molecule has 0 aliphatic rings. The van der Waals surface area contributed by atoms with Crippen LogP contribution < -0.4 is 0 Å². The molecule has 0 spiro atoms. The fraction of sp³-hybridized carbons (Fsp3) is 0. The molecule has 4 heterocycles. The number of benzene rings is 8. The standard InChI is InChI=1S/C58H37N7/c1-5-18-38(19-6-1)50-36-52(61-55(59-50)40-22-9-3-10-23-40)43-27-15-26-42(34-43)46-32-17-33-48-47-30-13-14-31-49(47)58-63-57(64-65(58)54(46)48)45-29-16-28-44(35-45)53-37-51(39-20-7-2-8-21-39)60-56(62-53)41-24-11-4-12-25-41/h1-37H. The number of hydrogen-bond acceptors (Lipinski definition) is 6. The third-order valence-electron chi connectivity index (χ3n) is 11.9. The van der Waals surface area contributed by atoms with Crippen molar-refractivity contribution in [3.05, 3.63) is 224 Å². The molecule has 0 amide bonds. The van der Waals surface area contributed by atoms with Crippen LogP contribution in [0.2, 0.25) is 0 Å². The maximum atomic E-state index is 5.34.